The number of benzene rings is 1. The molecule has 6 nitrogen and oxygen atoms in total. The zero-order chi connectivity index (χ0) is 19.1. The molecule has 144 valence electrons. The summed E-state index contributed by atoms with van der Waals surface area (Å²) in [5.74, 6) is -0.198. The van der Waals surface area contributed by atoms with Gasteiger partial charge in [-0.2, -0.15) is 0 Å². The molecule has 0 aliphatic carbocycles. The number of H-pyrrole nitrogens is 1. The fourth-order valence-electron chi connectivity index (χ4n) is 3.35. The van der Waals surface area contributed by atoms with Gasteiger partial charge in [-0.05, 0) is 44.5 Å². The number of unbranched alkanes of at least 4 members (excludes halogenated alkanes) is 1. The number of ketones is 1. The monoisotopic (exact) mass is 368 g/mol. The van der Waals surface area contributed by atoms with E-state index in [2.05, 4.69) is 50.4 Å². The van der Waals surface area contributed by atoms with Crippen molar-refractivity contribution in [3.63, 3.8) is 0 Å². The van der Waals surface area contributed by atoms with Gasteiger partial charge in [-0.15, -0.1) is 0 Å². The van der Waals surface area contributed by atoms with Crippen LogP contribution in [0.4, 0.5) is 5.69 Å². The number of amides is 1. The molecule has 0 saturated carbocycles. The Hall–Kier alpha value is -2.60. The van der Waals surface area contributed by atoms with Crippen molar-refractivity contribution in [2.45, 2.75) is 19.8 Å². The van der Waals surface area contributed by atoms with Crippen LogP contribution in [0.15, 0.2) is 42.6 Å². The number of para-hydroxylation sites is 1. The Morgan fingerprint density at radius 2 is 1.81 bits per heavy atom. The molecule has 3 rings (SSSR count). The number of aromatic amines is 1. The Bertz CT molecular complexity index is 749. The summed E-state index contributed by atoms with van der Waals surface area (Å²) < 4.78 is 0. The lowest BCUT2D eigenvalue weighted by atomic mass is 10.2. The molecule has 1 aromatic heterocycles. The SMILES string of the molecule is CC(=O)c1c[nH]c(C(=O)NCCCCN2CCN(c3ccccc3)CC2)c1. The molecule has 27 heavy (non-hydrogen) atoms. The Morgan fingerprint density at radius 3 is 2.48 bits per heavy atom. The maximum absolute atomic E-state index is 12.0. The van der Waals surface area contributed by atoms with Gasteiger partial charge in [0.15, 0.2) is 5.78 Å². The van der Waals surface area contributed by atoms with Crippen molar-refractivity contribution in [1.82, 2.24) is 15.2 Å². The Labute approximate surface area is 160 Å². The summed E-state index contributed by atoms with van der Waals surface area (Å²) in [6.07, 6.45) is 3.59. The maximum Gasteiger partial charge on any atom is 0.267 e. The minimum atomic E-state index is -0.154. The summed E-state index contributed by atoms with van der Waals surface area (Å²) in [6, 6.07) is 12.2. The number of anilines is 1. The van der Waals surface area contributed by atoms with Crippen LogP contribution in [0, 0.1) is 0 Å². The first-order valence-corrected chi connectivity index (χ1v) is 9.63. The summed E-state index contributed by atoms with van der Waals surface area (Å²) in [5, 5.41) is 2.91. The standard InChI is InChI=1S/C21H28N4O2/c1-17(26)18-15-20(23-16-18)21(27)22-9-5-6-10-24-11-13-25(14-12-24)19-7-3-2-4-8-19/h2-4,7-8,15-16,23H,5-6,9-14H2,1H3,(H,22,27). The van der Waals surface area contributed by atoms with Gasteiger partial charge >= 0.3 is 0 Å². The summed E-state index contributed by atoms with van der Waals surface area (Å²) in [7, 11) is 0. The molecule has 1 aliphatic rings. The number of aromatic nitrogens is 1. The second-order valence-corrected chi connectivity index (χ2v) is 6.99. The van der Waals surface area contributed by atoms with E-state index in [1.807, 2.05) is 0 Å². The lowest BCUT2D eigenvalue weighted by Crippen LogP contribution is -2.46. The zero-order valence-corrected chi connectivity index (χ0v) is 15.9. The fraction of sp³-hybridized carbons (Fsp3) is 0.429. The van der Waals surface area contributed by atoms with Crippen LogP contribution in [0.1, 0.15) is 40.6 Å². The number of rotatable bonds is 8. The lowest BCUT2D eigenvalue weighted by Gasteiger charge is -2.36. The molecule has 0 radical (unpaired) electrons. The van der Waals surface area contributed by atoms with E-state index in [0.717, 1.165) is 45.6 Å². The number of carbonyl (C=O) groups excluding carboxylic acids is 2. The third-order valence-corrected chi connectivity index (χ3v) is 5.01. The Morgan fingerprint density at radius 1 is 1.07 bits per heavy atom. The number of Topliss-reactive ketones (excluding diaryl/α,β-unsaturated/α-hetero) is 1. The molecule has 1 aliphatic heterocycles. The summed E-state index contributed by atoms with van der Waals surface area (Å²) in [5.41, 5.74) is 2.28. The van der Waals surface area contributed by atoms with Crippen LogP contribution in [0.3, 0.4) is 0 Å². The normalized spacial score (nSPS) is 14.9. The van der Waals surface area contributed by atoms with Crippen LogP contribution in [0.5, 0.6) is 0 Å². The van der Waals surface area contributed by atoms with Gasteiger partial charge in [0.05, 0.1) is 0 Å². The topological polar surface area (TPSA) is 68.4 Å². The molecule has 0 bridgehead atoms. The van der Waals surface area contributed by atoms with Crippen molar-refractivity contribution in [2.75, 3.05) is 44.2 Å². The molecule has 2 N–H and O–H groups in total. The minimum absolute atomic E-state index is 0.0438. The molecule has 2 heterocycles. The van der Waals surface area contributed by atoms with Gasteiger partial charge in [0.25, 0.3) is 5.91 Å². The molecule has 0 spiro atoms. The molecule has 1 fully saturated rings. The van der Waals surface area contributed by atoms with Gasteiger partial charge in [-0.25, -0.2) is 0 Å². The first-order valence-electron chi connectivity index (χ1n) is 9.63. The molecule has 6 heteroatoms. The van der Waals surface area contributed by atoms with Crippen molar-refractivity contribution in [3.8, 4) is 0 Å². The predicted octanol–water partition coefficient (Wildman–Crippen LogP) is 2.55. The number of hydrogen-bond donors (Lipinski definition) is 2. The van der Waals surface area contributed by atoms with Gasteiger partial charge < -0.3 is 15.2 Å². The number of hydrogen-bond acceptors (Lipinski definition) is 4. The van der Waals surface area contributed by atoms with Crippen molar-refractivity contribution < 1.29 is 9.59 Å². The summed E-state index contributed by atoms with van der Waals surface area (Å²) >= 11 is 0. The van der Waals surface area contributed by atoms with Crippen molar-refractivity contribution in [2.24, 2.45) is 0 Å². The summed E-state index contributed by atoms with van der Waals surface area (Å²) in [6.45, 7) is 7.49. The quantitative estimate of drug-likeness (QED) is 0.555. The highest BCUT2D eigenvalue weighted by atomic mass is 16.2. The largest absolute Gasteiger partial charge is 0.369 e. The van der Waals surface area contributed by atoms with Gasteiger partial charge in [0.2, 0.25) is 0 Å². The van der Waals surface area contributed by atoms with Crippen LogP contribution >= 0.6 is 0 Å². The van der Waals surface area contributed by atoms with Crippen LogP contribution in [-0.4, -0.2) is 60.8 Å². The first kappa shape index (κ1) is 19.2. The fourth-order valence-corrected chi connectivity index (χ4v) is 3.35. The first-order chi connectivity index (χ1) is 13.1. The number of carbonyl (C=O) groups is 2. The molecular formula is C21H28N4O2. The zero-order valence-electron chi connectivity index (χ0n) is 15.9. The molecule has 1 amide bonds. The number of nitrogens with one attached hydrogen (secondary N) is 2. The van der Waals surface area contributed by atoms with Crippen LogP contribution in [0.25, 0.3) is 0 Å². The highest BCUT2D eigenvalue weighted by Crippen LogP contribution is 2.15. The highest BCUT2D eigenvalue weighted by molar-refractivity contribution is 5.99. The number of piperazine rings is 1. The average Bonchev–Trinajstić information content (AvgIpc) is 3.19. The average molecular weight is 368 g/mol. The molecule has 1 saturated heterocycles. The summed E-state index contributed by atoms with van der Waals surface area (Å²) in [4.78, 5) is 31.1. The van der Waals surface area contributed by atoms with Gasteiger partial charge in [0.1, 0.15) is 5.69 Å². The Balaban J connectivity index is 1.29. The van der Waals surface area contributed by atoms with E-state index >= 15 is 0 Å². The van der Waals surface area contributed by atoms with E-state index in [1.54, 1.807) is 12.3 Å². The van der Waals surface area contributed by atoms with E-state index in [0.29, 0.717) is 17.8 Å². The minimum Gasteiger partial charge on any atom is -0.369 e. The maximum atomic E-state index is 12.0. The third-order valence-electron chi connectivity index (χ3n) is 5.01. The van der Waals surface area contributed by atoms with Crippen LogP contribution < -0.4 is 10.2 Å². The van der Waals surface area contributed by atoms with Crippen molar-refractivity contribution in [3.05, 3.63) is 53.9 Å². The smallest absolute Gasteiger partial charge is 0.267 e. The number of nitrogens with zero attached hydrogens (tertiary/aromatic N) is 2. The van der Waals surface area contributed by atoms with E-state index < -0.39 is 0 Å². The molecule has 2 aromatic rings. The molecule has 0 unspecified atom stereocenters. The lowest BCUT2D eigenvalue weighted by molar-refractivity contribution is 0.0948. The van der Waals surface area contributed by atoms with E-state index in [1.165, 1.54) is 12.6 Å². The van der Waals surface area contributed by atoms with Crippen LogP contribution in [0.2, 0.25) is 0 Å². The molecular weight excluding hydrogens is 340 g/mol. The van der Waals surface area contributed by atoms with Crippen molar-refractivity contribution in [1.29, 1.82) is 0 Å². The predicted molar refractivity (Wildman–Crippen MR) is 107 cm³/mol. The van der Waals surface area contributed by atoms with E-state index in [-0.39, 0.29) is 11.7 Å². The van der Waals surface area contributed by atoms with Crippen molar-refractivity contribution >= 4 is 17.4 Å². The third kappa shape index (κ3) is 5.44. The van der Waals surface area contributed by atoms with E-state index in [4.69, 9.17) is 0 Å². The molecule has 1 aromatic carbocycles. The van der Waals surface area contributed by atoms with E-state index in [9.17, 15) is 9.59 Å². The highest BCUT2D eigenvalue weighted by Gasteiger charge is 2.16. The van der Waals surface area contributed by atoms with Gasteiger partial charge in [-0.3, -0.25) is 14.5 Å². The van der Waals surface area contributed by atoms with Crippen LogP contribution in [-0.2, 0) is 0 Å². The van der Waals surface area contributed by atoms with Gasteiger partial charge in [-0.1, -0.05) is 18.2 Å². The molecule has 0 atom stereocenters. The van der Waals surface area contributed by atoms with Gasteiger partial charge in [0, 0.05) is 50.2 Å². The second-order valence-electron chi connectivity index (χ2n) is 6.99. The second kappa shape index (κ2) is 9.37. The Kier molecular flexibility index (Phi) is 6.65.